The van der Waals surface area contributed by atoms with E-state index in [1.54, 1.807) is 24.3 Å². The normalized spacial score (nSPS) is 16.1. The van der Waals surface area contributed by atoms with Gasteiger partial charge < -0.3 is 15.2 Å². The number of nitrogens with one attached hydrogen (secondary N) is 3. The van der Waals surface area contributed by atoms with Crippen LogP contribution in [0.2, 0.25) is 0 Å². The third-order valence-corrected chi connectivity index (χ3v) is 5.92. The minimum atomic E-state index is -3.48. The Kier molecular flexibility index (Phi) is 7.49. The van der Waals surface area contributed by atoms with Gasteiger partial charge in [-0.2, -0.15) is 4.98 Å². The van der Waals surface area contributed by atoms with Crippen molar-refractivity contribution in [3.05, 3.63) is 36.0 Å². The van der Waals surface area contributed by atoms with Gasteiger partial charge in [-0.05, 0) is 25.0 Å². The SMILES string of the molecule is CC(=O)NC1(c2noc(CCC(=O)Nc3ccccc3NS(C)(=O)=O)n2)CCCCCC1. The number of para-hydroxylation sites is 2. The third kappa shape index (κ3) is 6.52. The number of aromatic nitrogens is 2. The summed E-state index contributed by atoms with van der Waals surface area (Å²) in [6.07, 6.45) is 6.95. The highest BCUT2D eigenvalue weighted by Gasteiger charge is 2.38. The molecule has 1 fully saturated rings. The van der Waals surface area contributed by atoms with E-state index in [1.165, 1.54) is 6.92 Å². The highest BCUT2D eigenvalue weighted by molar-refractivity contribution is 7.92. The summed E-state index contributed by atoms with van der Waals surface area (Å²) in [4.78, 5) is 28.7. The van der Waals surface area contributed by atoms with Crippen molar-refractivity contribution in [2.24, 2.45) is 0 Å². The molecule has 1 aliphatic carbocycles. The number of sulfonamides is 1. The summed E-state index contributed by atoms with van der Waals surface area (Å²) in [6, 6.07) is 6.54. The second kappa shape index (κ2) is 10.1. The molecule has 1 aromatic heterocycles. The second-order valence-electron chi connectivity index (χ2n) is 8.16. The molecule has 2 amide bonds. The van der Waals surface area contributed by atoms with Crippen LogP contribution >= 0.6 is 0 Å². The number of rotatable bonds is 8. The number of anilines is 2. The topological polar surface area (TPSA) is 143 Å². The van der Waals surface area contributed by atoms with Gasteiger partial charge in [-0.1, -0.05) is 43.0 Å². The van der Waals surface area contributed by atoms with E-state index in [1.807, 2.05) is 0 Å². The fourth-order valence-electron chi connectivity index (χ4n) is 3.94. The summed E-state index contributed by atoms with van der Waals surface area (Å²) in [5.41, 5.74) is 0.00836. The lowest BCUT2D eigenvalue weighted by Gasteiger charge is -2.30. The first kappa shape index (κ1) is 23.7. The van der Waals surface area contributed by atoms with Crippen LogP contribution in [-0.2, 0) is 31.6 Å². The zero-order valence-electron chi connectivity index (χ0n) is 18.3. The molecule has 11 heteroatoms. The Balaban J connectivity index is 1.65. The van der Waals surface area contributed by atoms with Gasteiger partial charge in [0.05, 0.1) is 17.6 Å². The minimum Gasteiger partial charge on any atom is -0.343 e. The number of benzene rings is 1. The first-order valence-corrected chi connectivity index (χ1v) is 12.5. The van der Waals surface area contributed by atoms with E-state index in [-0.39, 0.29) is 30.3 Å². The van der Waals surface area contributed by atoms with Crippen LogP contribution in [0.5, 0.6) is 0 Å². The molecule has 174 valence electrons. The highest BCUT2D eigenvalue weighted by Crippen LogP contribution is 2.34. The lowest BCUT2D eigenvalue weighted by Crippen LogP contribution is -2.45. The summed E-state index contributed by atoms with van der Waals surface area (Å²) in [5.74, 6) is 0.303. The molecule has 32 heavy (non-hydrogen) atoms. The molecule has 0 bridgehead atoms. The Hall–Kier alpha value is -2.95. The molecule has 0 radical (unpaired) electrons. The van der Waals surface area contributed by atoms with Crippen molar-refractivity contribution in [1.82, 2.24) is 15.5 Å². The van der Waals surface area contributed by atoms with Crippen LogP contribution in [0.1, 0.15) is 63.6 Å². The number of hydrogen-bond acceptors (Lipinski definition) is 7. The molecule has 1 saturated carbocycles. The van der Waals surface area contributed by atoms with Crippen molar-refractivity contribution >= 4 is 33.2 Å². The van der Waals surface area contributed by atoms with Crippen molar-refractivity contribution in [1.29, 1.82) is 0 Å². The summed E-state index contributed by atoms with van der Waals surface area (Å²) in [6.45, 7) is 1.48. The van der Waals surface area contributed by atoms with E-state index in [4.69, 9.17) is 4.52 Å². The monoisotopic (exact) mass is 463 g/mol. The molecule has 1 aliphatic rings. The Morgan fingerprint density at radius 3 is 2.38 bits per heavy atom. The van der Waals surface area contributed by atoms with Gasteiger partial charge in [0.15, 0.2) is 5.82 Å². The maximum absolute atomic E-state index is 12.4. The quantitative estimate of drug-likeness (QED) is 0.511. The van der Waals surface area contributed by atoms with E-state index in [9.17, 15) is 18.0 Å². The largest absolute Gasteiger partial charge is 0.343 e. The van der Waals surface area contributed by atoms with Crippen molar-refractivity contribution in [3.63, 3.8) is 0 Å². The predicted molar refractivity (Wildman–Crippen MR) is 119 cm³/mol. The maximum Gasteiger partial charge on any atom is 0.229 e. The lowest BCUT2D eigenvalue weighted by atomic mass is 9.89. The number of carbonyl (C=O) groups is 2. The molecular formula is C21H29N5O5S. The zero-order chi connectivity index (χ0) is 23.2. The van der Waals surface area contributed by atoms with Crippen molar-refractivity contribution in [3.8, 4) is 0 Å². The molecule has 3 rings (SSSR count). The molecular weight excluding hydrogens is 434 g/mol. The van der Waals surface area contributed by atoms with Gasteiger partial charge >= 0.3 is 0 Å². The molecule has 10 nitrogen and oxygen atoms in total. The molecule has 2 aromatic rings. The smallest absolute Gasteiger partial charge is 0.229 e. The summed E-state index contributed by atoms with van der Waals surface area (Å²) in [5, 5.41) is 9.84. The molecule has 0 spiro atoms. The first-order valence-electron chi connectivity index (χ1n) is 10.7. The number of nitrogens with zero attached hydrogens (tertiary/aromatic N) is 2. The first-order chi connectivity index (χ1) is 15.2. The van der Waals surface area contributed by atoms with Gasteiger partial charge in [0.2, 0.25) is 27.7 Å². The second-order valence-corrected chi connectivity index (χ2v) is 9.91. The van der Waals surface area contributed by atoms with Crippen molar-refractivity contribution in [2.75, 3.05) is 16.3 Å². The zero-order valence-corrected chi connectivity index (χ0v) is 19.1. The van der Waals surface area contributed by atoms with Crippen LogP contribution in [0.15, 0.2) is 28.8 Å². The van der Waals surface area contributed by atoms with Crippen LogP contribution < -0.4 is 15.4 Å². The van der Waals surface area contributed by atoms with Crippen LogP contribution in [0.4, 0.5) is 11.4 Å². The van der Waals surface area contributed by atoms with Gasteiger partial charge in [-0.3, -0.25) is 14.3 Å². The van der Waals surface area contributed by atoms with Gasteiger partial charge in [-0.15, -0.1) is 0 Å². The molecule has 3 N–H and O–H groups in total. The molecule has 0 atom stereocenters. The van der Waals surface area contributed by atoms with E-state index in [0.717, 1.165) is 44.8 Å². The molecule has 0 saturated heterocycles. The van der Waals surface area contributed by atoms with Gasteiger partial charge in [-0.25, -0.2) is 8.42 Å². The van der Waals surface area contributed by atoms with Gasteiger partial charge in [0, 0.05) is 19.8 Å². The van der Waals surface area contributed by atoms with Gasteiger partial charge in [0.1, 0.15) is 5.54 Å². The number of hydrogen-bond donors (Lipinski definition) is 3. The Bertz CT molecular complexity index is 1060. The summed E-state index contributed by atoms with van der Waals surface area (Å²) >= 11 is 0. The van der Waals surface area contributed by atoms with Gasteiger partial charge in [0.25, 0.3) is 0 Å². The third-order valence-electron chi connectivity index (χ3n) is 5.33. The minimum absolute atomic E-state index is 0.0714. The average molecular weight is 464 g/mol. The predicted octanol–water partition coefficient (Wildman–Crippen LogP) is 2.70. The number of amides is 2. The van der Waals surface area contributed by atoms with E-state index < -0.39 is 15.6 Å². The molecule has 0 aliphatic heterocycles. The molecule has 1 aromatic carbocycles. The number of carbonyl (C=O) groups excluding carboxylic acids is 2. The summed E-state index contributed by atoms with van der Waals surface area (Å²) in [7, 11) is -3.48. The average Bonchev–Trinajstić information content (AvgIpc) is 3.07. The van der Waals surface area contributed by atoms with Crippen molar-refractivity contribution < 1.29 is 22.5 Å². The van der Waals surface area contributed by atoms with Crippen LogP contribution in [-0.4, -0.2) is 36.6 Å². The maximum atomic E-state index is 12.4. The lowest BCUT2D eigenvalue weighted by molar-refractivity contribution is -0.121. The number of aryl methyl sites for hydroxylation is 1. The Morgan fingerprint density at radius 1 is 1.09 bits per heavy atom. The molecule has 1 heterocycles. The summed E-state index contributed by atoms with van der Waals surface area (Å²) < 4.78 is 30.8. The van der Waals surface area contributed by atoms with Crippen LogP contribution in [0.3, 0.4) is 0 Å². The van der Waals surface area contributed by atoms with E-state index in [2.05, 4.69) is 25.5 Å². The van der Waals surface area contributed by atoms with Crippen LogP contribution in [0.25, 0.3) is 0 Å². The Labute approximate surface area is 187 Å². The van der Waals surface area contributed by atoms with E-state index >= 15 is 0 Å². The van der Waals surface area contributed by atoms with E-state index in [0.29, 0.717) is 17.4 Å². The molecule has 0 unspecified atom stereocenters. The van der Waals surface area contributed by atoms with Crippen molar-refractivity contribution in [2.45, 2.75) is 63.8 Å². The highest BCUT2D eigenvalue weighted by atomic mass is 32.2. The van der Waals surface area contributed by atoms with Crippen LogP contribution in [0, 0.1) is 0 Å². The fourth-order valence-corrected chi connectivity index (χ4v) is 4.52. The fraction of sp³-hybridized carbons (Fsp3) is 0.524. The Morgan fingerprint density at radius 2 is 1.75 bits per heavy atom. The standard InChI is InChI=1S/C21H29N5O5S/c1-15(27)24-21(13-7-3-4-8-14-21)20-23-19(31-25-20)12-11-18(28)22-16-9-5-6-10-17(16)26-32(2,29)30/h5-6,9-10,26H,3-4,7-8,11-14H2,1-2H3,(H,22,28)(H,24,27).